The SMILES string of the molecule is CCC(O)CCNc1ccc(C(=O)O)cc1. The van der Waals surface area contributed by atoms with Gasteiger partial charge >= 0.3 is 5.97 Å². The van der Waals surface area contributed by atoms with Crippen LogP contribution >= 0.6 is 0 Å². The third-order valence-corrected chi connectivity index (χ3v) is 2.41. The lowest BCUT2D eigenvalue weighted by Crippen LogP contribution is -2.12. The summed E-state index contributed by atoms with van der Waals surface area (Å²) < 4.78 is 0. The molecule has 0 fully saturated rings. The van der Waals surface area contributed by atoms with Crippen molar-refractivity contribution in [3.8, 4) is 0 Å². The van der Waals surface area contributed by atoms with E-state index in [2.05, 4.69) is 5.32 Å². The highest BCUT2D eigenvalue weighted by atomic mass is 16.4. The second-order valence-corrected chi connectivity index (χ2v) is 3.66. The van der Waals surface area contributed by atoms with Crippen LogP contribution in [-0.4, -0.2) is 28.8 Å². The third kappa shape index (κ3) is 3.90. The van der Waals surface area contributed by atoms with Gasteiger partial charge in [0.05, 0.1) is 11.7 Å². The zero-order valence-corrected chi connectivity index (χ0v) is 9.31. The minimum atomic E-state index is -0.923. The predicted octanol–water partition coefficient (Wildman–Crippen LogP) is 1.96. The lowest BCUT2D eigenvalue weighted by Gasteiger charge is -2.09. The van der Waals surface area contributed by atoms with Crippen molar-refractivity contribution in [3.63, 3.8) is 0 Å². The Balaban J connectivity index is 2.40. The molecule has 1 unspecified atom stereocenters. The average molecular weight is 223 g/mol. The molecule has 0 amide bonds. The zero-order valence-electron chi connectivity index (χ0n) is 9.31. The summed E-state index contributed by atoms with van der Waals surface area (Å²) >= 11 is 0. The molecule has 0 aromatic heterocycles. The highest BCUT2D eigenvalue weighted by molar-refractivity contribution is 5.87. The molecule has 4 nitrogen and oxygen atoms in total. The topological polar surface area (TPSA) is 69.6 Å². The first-order valence-corrected chi connectivity index (χ1v) is 5.38. The maximum Gasteiger partial charge on any atom is 0.335 e. The first-order chi connectivity index (χ1) is 7.63. The fourth-order valence-corrected chi connectivity index (χ4v) is 1.32. The van der Waals surface area contributed by atoms with E-state index >= 15 is 0 Å². The Labute approximate surface area is 94.9 Å². The molecule has 1 aromatic rings. The lowest BCUT2D eigenvalue weighted by molar-refractivity contribution is 0.0697. The van der Waals surface area contributed by atoms with Crippen LogP contribution < -0.4 is 5.32 Å². The second-order valence-electron chi connectivity index (χ2n) is 3.66. The van der Waals surface area contributed by atoms with E-state index in [-0.39, 0.29) is 11.7 Å². The van der Waals surface area contributed by atoms with E-state index in [0.717, 1.165) is 12.1 Å². The molecule has 0 saturated heterocycles. The molecular formula is C12H17NO3. The van der Waals surface area contributed by atoms with E-state index in [1.807, 2.05) is 6.92 Å². The van der Waals surface area contributed by atoms with E-state index in [9.17, 15) is 9.90 Å². The molecule has 0 aliphatic heterocycles. The first kappa shape index (κ1) is 12.5. The number of benzene rings is 1. The summed E-state index contributed by atoms with van der Waals surface area (Å²) in [5, 5.41) is 21.2. The van der Waals surface area contributed by atoms with Crippen molar-refractivity contribution in [2.75, 3.05) is 11.9 Å². The van der Waals surface area contributed by atoms with Gasteiger partial charge in [0, 0.05) is 12.2 Å². The van der Waals surface area contributed by atoms with E-state index in [0.29, 0.717) is 13.0 Å². The van der Waals surface area contributed by atoms with Gasteiger partial charge in [0.25, 0.3) is 0 Å². The Morgan fingerprint density at radius 2 is 2.00 bits per heavy atom. The standard InChI is InChI=1S/C12H17NO3/c1-2-11(14)7-8-13-10-5-3-9(4-6-10)12(15)16/h3-6,11,13-14H,2,7-8H2,1H3,(H,15,16). The fourth-order valence-electron chi connectivity index (χ4n) is 1.32. The summed E-state index contributed by atoms with van der Waals surface area (Å²) in [6, 6.07) is 6.56. The number of aliphatic hydroxyl groups excluding tert-OH is 1. The number of rotatable bonds is 6. The van der Waals surface area contributed by atoms with Crippen LogP contribution in [-0.2, 0) is 0 Å². The maximum atomic E-state index is 10.6. The van der Waals surface area contributed by atoms with Crippen LogP contribution in [0.3, 0.4) is 0 Å². The van der Waals surface area contributed by atoms with Crippen LogP contribution in [0.1, 0.15) is 30.1 Å². The van der Waals surface area contributed by atoms with Crippen LogP contribution in [0.2, 0.25) is 0 Å². The summed E-state index contributed by atoms with van der Waals surface area (Å²) in [6.07, 6.45) is 1.17. The van der Waals surface area contributed by atoms with Crippen molar-refractivity contribution in [2.24, 2.45) is 0 Å². The van der Waals surface area contributed by atoms with Gasteiger partial charge in [0.1, 0.15) is 0 Å². The summed E-state index contributed by atoms with van der Waals surface area (Å²) in [7, 11) is 0. The Hall–Kier alpha value is -1.55. The van der Waals surface area contributed by atoms with Gasteiger partial charge in [-0.3, -0.25) is 0 Å². The molecule has 1 aromatic carbocycles. The van der Waals surface area contributed by atoms with Crippen molar-refractivity contribution in [1.29, 1.82) is 0 Å². The molecule has 88 valence electrons. The molecule has 0 spiro atoms. The molecular weight excluding hydrogens is 206 g/mol. The summed E-state index contributed by atoms with van der Waals surface area (Å²) in [4.78, 5) is 10.6. The Bertz CT molecular complexity index is 335. The molecule has 0 aliphatic rings. The van der Waals surface area contributed by atoms with Crippen LogP contribution in [0.4, 0.5) is 5.69 Å². The molecule has 0 radical (unpaired) electrons. The van der Waals surface area contributed by atoms with Gasteiger partial charge in [-0.2, -0.15) is 0 Å². The van der Waals surface area contributed by atoms with Gasteiger partial charge in [0.15, 0.2) is 0 Å². The Morgan fingerprint density at radius 3 is 2.50 bits per heavy atom. The Morgan fingerprint density at radius 1 is 1.38 bits per heavy atom. The zero-order chi connectivity index (χ0) is 12.0. The van der Waals surface area contributed by atoms with E-state index in [1.54, 1.807) is 24.3 Å². The van der Waals surface area contributed by atoms with Crippen molar-refractivity contribution < 1.29 is 15.0 Å². The van der Waals surface area contributed by atoms with Crippen LogP contribution in [0.5, 0.6) is 0 Å². The molecule has 1 rings (SSSR count). The number of nitrogens with one attached hydrogen (secondary N) is 1. The molecule has 0 heterocycles. The van der Waals surface area contributed by atoms with Gasteiger partial charge < -0.3 is 15.5 Å². The molecule has 1 atom stereocenters. The number of aliphatic hydroxyl groups is 1. The maximum absolute atomic E-state index is 10.6. The first-order valence-electron chi connectivity index (χ1n) is 5.38. The molecule has 3 N–H and O–H groups in total. The average Bonchev–Trinajstić information content (AvgIpc) is 2.29. The highest BCUT2D eigenvalue weighted by Gasteiger charge is 2.02. The predicted molar refractivity (Wildman–Crippen MR) is 62.8 cm³/mol. The fraction of sp³-hybridized carbons (Fsp3) is 0.417. The number of carbonyl (C=O) groups is 1. The van der Waals surface area contributed by atoms with Crippen molar-refractivity contribution in [2.45, 2.75) is 25.9 Å². The molecule has 0 bridgehead atoms. The van der Waals surface area contributed by atoms with Crippen molar-refractivity contribution in [1.82, 2.24) is 0 Å². The van der Waals surface area contributed by atoms with Crippen molar-refractivity contribution in [3.05, 3.63) is 29.8 Å². The van der Waals surface area contributed by atoms with Crippen molar-refractivity contribution >= 4 is 11.7 Å². The number of anilines is 1. The number of hydrogen-bond acceptors (Lipinski definition) is 3. The van der Waals surface area contributed by atoms with Gasteiger partial charge in [-0.25, -0.2) is 4.79 Å². The molecule has 4 heteroatoms. The largest absolute Gasteiger partial charge is 0.478 e. The summed E-state index contributed by atoms with van der Waals surface area (Å²) in [6.45, 7) is 2.62. The molecule has 0 saturated carbocycles. The Kier molecular flexibility index (Phi) is 4.79. The van der Waals surface area contributed by atoms with Crippen LogP contribution in [0, 0.1) is 0 Å². The monoisotopic (exact) mass is 223 g/mol. The molecule has 0 aliphatic carbocycles. The van der Waals surface area contributed by atoms with Crippen LogP contribution in [0.25, 0.3) is 0 Å². The summed E-state index contributed by atoms with van der Waals surface area (Å²) in [5.41, 5.74) is 1.15. The molecule has 16 heavy (non-hydrogen) atoms. The minimum absolute atomic E-state index is 0.272. The van der Waals surface area contributed by atoms with Gasteiger partial charge in [-0.15, -0.1) is 0 Å². The number of carboxylic acids is 1. The van der Waals surface area contributed by atoms with Crippen LogP contribution in [0.15, 0.2) is 24.3 Å². The minimum Gasteiger partial charge on any atom is -0.478 e. The highest BCUT2D eigenvalue weighted by Crippen LogP contribution is 2.09. The smallest absolute Gasteiger partial charge is 0.335 e. The number of carboxylic acid groups (broad SMARTS) is 1. The van der Waals surface area contributed by atoms with E-state index in [1.165, 1.54) is 0 Å². The van der Waals surface area contributed by atoms with E-state index in [4.69, 9.17) is 5.11 Å². The third-order valence-electron chi connectivity index (χ3n) is 2.41. The quantitative estimate of drug-likeness (QED) is 0.689. The normalized spacial score (nSPS) is 12.1. The van der Waals surface area contributed by atoms with Gasteiger partial charge in [-0.1, -0.05) is 6.92 Å². The summed E-state index contributed by atoms with van der Waals surface area (Å²) in [5.74, 6) is -0.923. The number of hydrogen-bond donors (Lipinski definition) is 3. The second kappa shape index (κ2) is 6.12. The van der Waals surface area contributed by atoms with Gasteiger partial charge in [0.2, 0.25) is 0 Å². The van der Waals surface area contributed by atoms with Gasteiger partial charge in [-0.05, 0) is 37.1 Å². The van der Waals surface area contributed by atoms with E-state index < -0.39 is 5.97 Å². The lowest BCUT2D eigenvalue weighted by atomic mass is 10.2. The number of aromatic carboxylic acids is 1.